The molecule has 0 spiro atoms. The van der Waals surface area contributed by atoms with Gasteiger partial charge in [0.15, 0.2) is 6.29 Å². The number of phosphoric acid groups is 1. The summed E-state index contributed by atoms with van der Waals surface area (Å²) in [6.45, 7) is -0.730. The van der Waals surface area contributed by atoms with Crippen molar-refractivity contribution in [2.45, 2.75) is 30.7 Å². The Morgan fingerprint density at radius 2 is 1.62 bits per heavy atom. The lowest BCUT2D eigenvalue weighted by Crippen LogP contribution is -2.58. The van der Waals surface area contributed by atoms with Gasteiger partial charge in [-0.2, -0.15) is 0 Å². The molecule has 0 amide bonds. The van der Waals surface area contributed by atoms with Crippen LogP contribution in [0.15, 0.2) is 0 Å². The second kappa shape index (κ2) is 5.05. The molecule has 6 N–H and O–H groups in total. The maximum atomic E-state index is 10.4. The Labute approximate surface area is 90.1 Å². The highest BCUT2D eigenvalue weighted by molar-refractivity contribution is 7.46. The Bertz CT molecular complexity index is 277. The minimum Gasteiger partial charge on any atom is -0.387 e. The van der Waals surface area contributed by atoms with Gasteiger partial charge < -0.3 is 34.9 Å². The van der Waals surface area contributed by atoms with E-state index in [9.17, 15) is 14.8 Å². The third kappa shape index (κ3) is 3.45. The molecule has 1 saturated heterocycles. The van der Waals surface area contributed by atoms with Crippen molar-refractivity contribution in [1.82, 2.24) is 0 Å². The molecule has 0 bridgehead atoms. The quantitative estimate of drug-likeness (QED) is 0.289. The first-order chi connectivity index (χ1) is 7.22. The lowest BCUT2D eigenvalue weighted by Gasteiger charge is -2.38. The molecule has 1 fully saturated rings. The van der Waals surface area contributed by atoms with Gasteiger partial charge >= 0.3 is 7.82 Å². The van der Waals surface area contributed by atoms with Crippen LogP contribution in [0.2, 0.25) is 0 Å². The predicted molar refractivity (Wildman–Crippen MR) is 46.9 cm³/mol. The Balaban J connectivity index is 2.57. The molecule has 0 aromatic heterocycles. The maximum Gasteiger partial charge on any atom is 0.469 e. The predicted octanol–water partition coefficient (Wildman–Crippen LogP) is -3.10. The van der Waals surface area contributed by atoms with Crippen molar-refractivity contribution in [3.63, 3.8) is 0 Å². The number of ether oxygens (including phenoxy) is 1. The fraction of sp³-hybridized carbons (Fsp3) is 1.00. The molecular formula is C6H13O9P. The summed E-state index contributed by atoms with van der Waals surface area (Å²) < 4.78 is 19.0. The summed E-state index contributed by atoms with van der Waals surface area (Å²) in [5.41, 5.74) is 0. The molecule has 1 heterocycles. The first-order valence-electron chi connectivity index (χ1n) is 4.30. The monoisotopic (exact) mass is 260 g/mol. The Kier molecular flexibility index (Phi) is 4.41. The molecule has 9 nitrogen and oxygen atoms in total. The molecule has 0 aromatic carbocycles. The van der Waals surface area contributed by atoms with E-state index in [4.69, 9.17) is 20.0 Å². The van der Waals surface area contributed by atoms with Gasteiger partial charge in [-0.25, -0.2) is 4.57 Å². The van der Waals surface area contributed by atoms with Crippen molar-refractivity contribution in [2.75, 3.05) is 6.61 Å². The smallest absolute Gasteiger partial charge is 0.387 e. The lowest BCUT2D eigenvalue weighted by molar-refractivity contribution is -0.285. The normalized spacial score (nSPS) is 41.0. The number of phosphoric ester groups is 1. The zero-order valence-corrected chi connectivity index (χ0v) is 8.84. The SMILES string of the molecule is O=P(O)(O)OC[C@H]1O[C@@H](O)[C@H](O)[C@@H](O)[C@H]1O. The van der Waals surface area contributed by atoms with Crippen LogP contribution in [-0.4, -0.2) is 67.5 Å². The molecular weight excluding hydrogens is 247 g/mol. The molecule has 96 valence electrons. The zero-order valence-electron chi connectivity index (χ0n) is 7.95. The highest BCUT2D eigenvalue weighted by Gasteiger charge is 2.43. The number of aliphatic hydroxyl groups is 4. The second-order valence-corrected chi connectivity index (χ2v) is 4.56. The number of hydrogen-bond donors (Lipinski definition) is 6. The topological polar surface area (TPSA) is 157 Å². The fourth-order valence-electron chi connectivity index (χ4n) is 1.24. The summed E-state index contributed by atoms with van der Waals surface area (Å²) in [5.74, 6) is 0. The van der Waals surface area contributed by atoms with Gasteiger partial charge in [0.25, 0.3) is 0 Å². The van der Waals surface area contributed by atoms with Crippen molar-refractivity contribution >= 4 is 7.82 Å². The van der Waals surface area contributed by atoms with Gasteiger partial charge in [0.05, 0.1) is 6.61 Å². The average Bonchev–Trinajstić information content (AvgIpc) is 2.17. The maximum absolute atomic E-state index is 10.4. The van der Waals surface area contributed by atoms with Crippen LogP contribution >= 0.6 is 7.82 Å². The van der Waals surface area contributed by atoms with E-state index in [2.05, 4.69) is 9.26 Å². The molecule has 0 aliphatic carbocycles. The van der Waals surface area contributed by atoms with Crippen LogP contribution in [0, 0.1) is 0 Å². The van der Waals surface area contributed by atoms with E-state index in [-0.39, 0.29) is 0 Å². The van der Waals surface area contributed by atoms with Crippen molar-refractivity contribution in [3.05, 3.63) is 0 Å². The molecule has 0 saturated carbocycles. The summed E-state index contributed by atoms with van der Waals surface area (Å²) >= 11 is 0. The second-order valence-electron chi connectivity index (χ2n) is 3.32. The van der Waals surface area contributed by atoms with Crippen molar-refractivity contribution in [3.8, 4) is 0 Å². The third-order valence-electron chi connectivity index (χ3n) is 2.09. The lowest BCUT2D eigenvalue weighted by atomic mass is 10.00. The van der Waals surface area contributed by atoms with Gasteiger partial charge in [-0.15, -0.1) is 0 Å². The van der Waals surface area contributed by atoms with E-state index < -0.39 is 45.1 Å². The first-order valence-corrected chi connectivity index (χ1v) is 5.83. The molecule has 1 rings (SSSR count). The van der Waals surface area contributed by atoms with Crippen LogP contribution in [0.3, 0.4) is 0 Å². The van der Waals surface area contributed by atoms with E-state index in [1.165, 1.54) is 0 Å². The molecule has 16 heavy (non-hydrogen) atoms. The van der Waals surface area contributed by atoms with E-state index in [1.807, 2.05) is 0 Å². The third-order valence-corrected chi connectivity index (χ3v) is 2.58. The van der Waals surface area contributed by atoms with E-state index in [0.717, 1.165) is 0 Å². The minimum atomic E-state index is -4.73. The van der Waals surface area contributed by atoms with Gasteiger partial charge in [-0.3, -0.25) is 4.52 Å². The van der Waals surface area contributed by atoms with E-state index in [1.54, 1.807) is 0 Å². The standard InChI is InChI=1S/C6H13O9P/c7-3-2(1-14-16(11,12)13)15-6(10)5(9)4(3)8/h2-10H,1H2,(H2,11,12,13)/t2-,3+,4+,5-,6-/m1/s1. The van der Waals surface area contributed by atoms with Crippen LogP contribution in [-0.2, 0) is 13.8 Å². The van der Waals surface area contributed by atoms with Crippen LogP contribution in [0.4, 0.5) is 0 Å². The molecule has 10 heteroatoms. The van der Waals surface area contributed by atoms with Crippen LogP contribution in [0.25, 0.3) is 0 Å². The van der Waals surface area contributed by atoms with Crippen molar-refractivity contribution in [1.29, 1.82) is 0 Å². The van der Waals surface area contributed by atoms with E-state index in [0.29, 0.717) is 0 Å². The van der Waals surface area contributed by atoms with Crippen LogP contribution < -0.4 is 0 Å². The first kappa shape index (κ1) is 14.0. The number of rotatable bonds is 3. The largest absolute Gasteiger partial charge is 0.469 e. The minimum absolute atomic E-state index is 0.730. The Hall–Kier alpha value is -0.0900. The molecule has 0 unspecified atom stereocenters. The van der Waals surface area contributed by atoms with Crippen LogP contribution in [0.1, 0.15) is 0 Å². The summed E-state index contributed by atoms with van der Waals surface area (Å²) in [4.78, 5) is 16.8. The Morgan fingerprint density at radius 1 is 1.06 bits per heavy atom. The van der Waals surface area contributed by atoms with E-state index >= 15 is 0 Å². The number of aliphatic hydroxyl groups excluding tert-OH is 4. The zero-order chi connectivity index (χ0) is 12.5. The highest BCUT2D eigenvalue weighted by Crippen LogP contribution is 2.36. The highest BCUT2D eigenvalue weighted by atomic mass is 31.2. The van der Waals surface area contributed by atoms with Gasteiger partial charge in [0, 0.05) is 0 Å². The van der Waals surface area contributed by atoms with Crippen LogP contribution in [0.5, 0.6) is 0 Å². The Morgan fingerprint density at radius 3 is 2.12 bits per heavy atom. The fourth-order valence-corrected chi connectivity index (χ4v) is 1.58. The summed E-state index contributed by atoms with van der Waals surface area (Å²) in [7, 11) is -4.73. The summed E-state index contributed by atoms with van der Waals surface area (Å²) in [5, 5.41) is 36.7. The number of hydrogen-bond acceptors (Lipinski definition) is 7. The molecule has 1 aliphatic heterocycles. The van der Waals surface area contributed by atoms with Gasteiger partial charge in [0.2, 0.25) is 0 Å². The van der Waals surface area contributed by atoms with Gasteiger partial charge in [-0.1, -0.05) is 0 Å². The van der Waals surface area contributed by atoms with Gasteiger partial charge in [0.1, 0.15) is 24.4 Å². The molecule has 0 radical (unpaired) electrons. The van der Waals surface area contributed by atoms with Gasteiger partial charge in [-0.05, 0) is 0 Å². The molecule has 1 aliphatic rings. The van der Waals surface area contributed by atoms with Crippen molar-refractivity contribution in [2.24, 2.45) is 0 Å². The summed E-state index contributed by atoms with van der Waals surface area (Å²) in [6.07, 6.45) is -8.11. The summed E-state index contributed by atoms with van der Waals surface area (Å²) in [6, 6.07) is 0. The molecule has 5 atom stereocenters. The molecule has 0 aromatic rings. The van der Waals surface area contributed by atoms with Crippen molar-refractivity contribution < 1.29 is 44.0 Å². The average molecular weight is 260 g/mol.